The van der Waals surface area contributed by atoms with Gasteiger partial charge in [0.05, 0.1) is 45.9 Å². The Labute approximate surface area is 921 Å². The fraction of sp³-hybridized carbons (Fsp3) is 0.130. The summed E-state index contributed by atoms with van der Waals surface area (Å²) in [7, 11) is 0. The average Bonchev–Trinajstić information content (AvgIpc) is 1.58. The van der Waals surface area contributed by atoms with Gasteiger partial charge in [-0.15, -0.1) is 190 Å². The number of hydrogen-bond donors (Lipinski definition) is 0. The van der Waals surface area contributed by atoms with Gasteiger partial charge in [0.1, 0.15) is 5.82 Å². The number of imidazole rings is 6. The van der Waals surface area contributed by atoms with Crippen LogP contribution in [0.3, 0.4) is 0 Å². The largest absolute Gasteiger partial charge is 2.00 e. The van der Waals surface area contributed by atoms with Crippen molar-refractivity contribution in [2.24, 2.45) is 0 Å². The molecule has 22 aromatic rings. The Balaban J connectivity index is 0.000000135. The maximum atomic E-state index is 5.44. The van der Waals surface area contributed by atoms with Crippen LogP contribution in [0.5, 0.6) is 0 Å². The number of anilines is 12. The number of hydrogen-bond acceptors (Lipinski definition) is 10. The molecule has 0 unspecified atom stereocenters. The van der Waals surface area contributed by atoms with E-state index in [9.17, 15) is 0 Å². The van der Waals surface area contributed by atoms with Gasteiger partial charge in [-0.2, -0.15) is 0 Å². The SMILES string of the molecule is Cc1cc(C)c(-n2cc3nc2N(c2ccccc2)c2[c-]c(ccc2)-c2nc(cn2-c2c(C)cccc2C)Cc2[c-]c-3ccc2)c(C(C)C)c1.Cc1cccc(C)c1-n1cc2nc1-c1[c-]c(ccc1)N(c1ccccc1)c1nc(cn1-c1c(C)cccc1C)-c1[c-]c(ccc1)C2.Cc1cccc(C)c1-n1cc2nc1-c1[c-]c(ccc1)N(c1ccccc1)c1nc(cn1-c1c(C)cccc1C)-c1[c-]c(ccc1)N2c1ccccc1.[Pt+2].[Pt+2].[Pt+2]. The van der Waals surface area contributed by atoms with Crippen LogP contribution in [0.15, 0.2) is 371 Å². The van der Waals surface area contributed by atoms with Crippen molar-refractivity contribution in [1.29, 1.82) is 0 Å². The van der Waals surface area contributed by atoms with E-state index in [0.29, 0.717) is 18.8 Å². The van der Waals surface area contributed by atoms with Gasteiger partial charge in [0, 0.05) is 75.5 Å². The summed E-state index contributed by atoms with van der Waals surface area (Å²) in [6.07, 6.45) is 14.3. The molecule has 3 aliphatic heterocycles. The first-order valence-corrected chi connectivity index (χ1v) is 50.2. The van der Waals surface area contributed by atoms with Crippen LogP contribution < -0.4 is 19.6 Å². The molecule has 0 atom stereocenters. The molecule has 742 valence electrons. The topological polar surface area (TPSA) is 120 Å². The summed E-state index contributed by atoms with van der Waals surface area (Å²) in [5.74, 6) is 5.91. The van der Waals surface area contributed by atoms with Crippen molar-refractivity contribution in [3.05, 3.63) is 502 Å². The molecule has 9 heterocycles. The second-order valence-electron chi connectivity index (χ2n) is 38.9. The number of aromatic nitrogens is 12. The fourth-order valence-electron chi connectivity index (χ4n) is 21.4. The monoisotopic (exact) mass is 2490 g/mol. The van der Waals surface area contributed by atoms with Gasteiger partial charge in [0.15, 0.2) is 0 Å². The Morgan fingerprint density at radius 2 is 0.493 bits per heavy atom. The number of benzene rings is 16. The minimum Gasteiger partial charge on any atom is -0.339 e. The van der Waals surface area contributed by atoms with Gasteiger partial charge in [-0.05, 0) is 258 Å². The van der Waals surface area contributed by atoms with E-state index in [2.05, 4.69) is 533 Å². The number of aryl methyl sites for hydroxylation is 12. The smallest absolute Gasteiger partial charge is 0.339 e. The van der Waals surface area contributed by atoms with Crippen LogP contribution >= 0.6 is 0 Å². The van der Waals surface area contributed by atoms with Gasteiger partial charge in [-0.3, -0.25) is 58.3 Å². The summed E-state index contributed by atoms with van der Waals surface area (Å²) >= 11 is 0. The molecule has 25 rings (SSSR count). The maximum absolute atomic E-state index is 5.44. The summed E-state index contributed by atoms with van der Waals surface area (Å²) < 4.78 is 13.4. The van der Waals surface area contributed by atoms with Crippen molar-refractivity contribution in [2.75, 3.05) is 19.6 Å². The van der Waals surface area contributed by atoms with Crippen LogP contribution in [-0.2, 0) is 76.0 Å². The van der Waals surface area contributed by atoms with Crippen molar-refractivity contribution < 1.29 is 63.2 Å². The second-order valence-corrected chi connectivity index (χ2v) is 38.9. The molecule has 16 aromatic carbocycles. The number of nitrogens with zero attached hydrogens (tertiary/aromatic N) is 16. The first kappa shape index (κ1) is 101. The average molecular weight is 2490 g/mol. The molecule has 0 saturated heterocycles. The maximum Gasteiger partial charge on any atom is 2.00 e. The van der Waals surface area contributed by atoms with E-state index in [1.54, 1.807) is 0 Å². The molecule has 19 heteroatoms. The van der Waals surface area contributed by atoms with E-state index in [-0.39, 0.29) is 63.2 Å². The minimum absolute atomic E-state index is 0. The molecule has 6 aromatic heterocycles. The molecule has 150 heavy (non-hydrogen) atoms. The van der Waals surface area contributed by atoms with Crippen LogP contribution in [0.25, 0.3) is 102 Å². The molecular weight excluding hydrogens is 2380 g/mol. The molecule has 0 spiro atoms. The van der Waals surface area contributed by atoms with Gasteiger partial charge >= 0.3 is 63.2 Å². The Hall–Kier alpha value is -16.0. The number of para-hydroxylation sites is 9. The van der Waals surface area contributed by atoms with E-state index in [1.807, 2.05) is 18.2 Å². The predicted molar refractivity (Wildman–Crippen MR) is 597 cm³/mol. The summed E-state index contributed by atoms with van der Waals surface area (Å²) in [5, 5.41) is 0. The Bertz CT molecular complexity index is 8680. The summed E-state index contributed by atoms with van der Waals surface area (Å²) in [4.78, 5) is 41.0. The van der Waals surface area contributed by atoms with Crippen LogP contribution in [-0.4, -0.2) is 57.3 Å². The molecule has 0 aliphatic carbocycles. The molecular formula is C131H108N16Pt3. The van der Waals surface area contributed by atoms with Gasteiger partial charge in [0.25, 0.3) is 0 Å². The number of rotatable bonds is 11. The summed E-state index contributed by atoms with van der Waals surface area (Å²) in [6.45, 7) is 30.5. The van der Waals surface area contributed by atoms with E-state index in [4.69, 9.17) is 29.9 Å². The first-order chi connectivity index (χ1) is 71.6. The van der Waals surface area contributed by atoms with Gasteiger partial charge < -0.3 is 18.6 Å². The normalized spacial score (nSPS) is 12.0. The van der Waals surface area contributed by atoms with Crippen LogP contribution in [0.2, 0.25) is 0 Å². The van der Waals surface area contributed by atoms with Crippen molar-refractivity contribution in [2.45, 2.75) is 116 Å². The molecule has 16 nitrogen and oxygen atoms in total. The van der Waals surface area contributed by atoms with Crippen molar-refractivity contribution >= 4 is 69.2 Å². The zero-order valence-electron chi connectivity index (χ0n) is 85.8. The van der Waals surface area contributed by atoms with Crippen molar-refractivity contribution in [1.82, 2.24) is 57.3 Å². The van der Waals surface area contributed by atoms with E-state index < -0.39 is 0 Å². The van der Waals surface area contributed by atoms with Gasteiger partial charge in [-0.1, -0.05) is 195 Å². The zero-order chi connectivity index (χ0) is 101. The standard InChI is InChI=1S/C46H36N6.C44H39N5.C41H33N5.3Pt/c1-31-15-11-16-32(2)43(31)49-30-42-48-45(49)36-20-14-26-40(28-36)52(38-23-9-6-10-24-38)46-47-41(29-50(46)44-33(3)17-12-18-34(44)4)35-19-13-25-39(27-35)51(42)37-21-7-5-8-22-37;1-28(2)39-22-29(3)21-32(6)42(39)48-27-40-34-16-11-15-33(23-34)24-36-26-47(41-30(4)13-10-14-31(41)5)43(45-36)35-17-12-20-38(25-35)49(44(48)46-40)37-18-8-7-9-19-37;1-27-12-8-13-28(2)38(27)44-25-34-23-31-16-10-17-32(22-31)37-26-45(39-29(3)14-9-15-30(39)4)41(43-37)46(35-19-6-5-7-20-35)36-21-11-18-33(24-36)40(44)42-34;;;/h5-26,29-30H,1-4H3;7-22,26-28H,24H2,1-6H3;5-21,25-26H,23H2,1-4H3;;;/q3*-2;3*+2. The Kier molecular flexibility index (Phi) is 28.8. The zero-order valence-corrected chi connectivity index (χ0v) is 92.6. The molecule has 0 fully saturated rings. The summed E-state index contributed by atoms with van der Waals surface area (Å²) in [5.41, 5.74) is 41.7. The third kappa shape index (κ3) is 19.4. The molecule has 0 N–H and O–H groups in total. The Morgan fingerprint density at radius 1 is 0.227 bits per heavy atom. The summed E-state index contributed by atoms with van der Waals surface area (Å²) in [6, 6.07) is 139. The van der Waals surface area contributed by atoms with Crippen molar-refractivity contribution in [3.63, 3.8) is 0 Å². The van der Waals surface area contributed by atoms with E-state index >= 15 is 0 Å². The molecule has 0 amide bonds. The van der Waals surface area contributed by atoms with Gasteiger partial charge in [0.2, 0.25) is 17.8 Å². The van der Waals surface area contributed by atoms with Crippen LogP contribution in [0, 0.1) is 119 Å². The quantitative estimate of drug-likeness (QED) is 0.116. The molecule has 0 radical (unpaired) electrons. The third-order valence-corrected chi connectivity index (χ3v) is 28.0. The molecule has 3 aliphatic rings. The minimum atomic E-state index is 0. The van der Waals surface area contributed by atoms with Gasteiger partial charge in [-0.25, -0.2) is 0 Å². The van der Waals surface area contributed by atoms with E-state index in [1.165, 1.54) is 50.1 Å². The van der Waals surface area contributed by atoms with Crippen molar-refractivity contribution in [3.8, 4) is 102 Å². The second kappa shape index (κ2) is 42.7. The fourth-order valence-corrected chi connectivity index (χ4v) is 21.4. The number of fused-ring (bicyclic) bond motifs is 30. The third-order valence-electron chi connectivity index (χ3n) is 28.0. The van der Waals surface area contributed by atoms with Crippen LogP contribution in [0.4, 0.5) is 69.2 Å². The van der Waals surface area contributed by atoms with Crippen LogP contribution in [0.1, 0.15) is 115 Å². The first-order valence-electron chi connectivity index (χ1n) is 50.2. The molecule has 24 bridgehead atoms. The Morgan fingerprint density at radius 3 is 0.827 bits per heavy atom. The molecule has 0 saturated carbocycles. The van der Waals surface area contributed by atoms with E-state index in [0.717, 1.165) is 216 Å². The predicted octanol–water partition coefficient (Wildman–Crippen LogP) is 31.8.